The molecule has 8 nitrogen and oxygen atoms in total. The second-order valence-electron chi connectivity index (χ2n) is 7.59. The first-order valence-electron chi connectivity index (χ1n) is 9.84. The zero-order valence-electron chi connectivity index (χ0n) is 16.5. The molecule has 1 aromatic carbocycles. The molecule has 1 saturated heterocycles. The SMILES string of the molecule is CCCN(C(=O)c1ccc2c(c1)C(=O)N(Cc1ccco1)C2=O)[C@H]1CCS(=O)(=O)C1. The van der Waals surface area contributed by atoms with E-state index in [4.69, 9.17) is 4.42 Å². The summed E-state index contributed by atoms with van der Waals surface area (Å²) in [6.45, 7) is 2.36. The van der Waals surface area contributed by atoms with E-state index in [0.29, 0.717) is 25.1 Å². The number of fused-ring (bicyclic) bond motifs is 1. The number of carbonyl (C=O) groups excluding carboxylic acids is 3. The van der Waals surface area contributed by atoms with E-state index >= 15 is 0 Å². The summed E-state index contributed by atoms with van der Waals surface area (Å²) < 4.78 is 29.0. The highest BCUT2D eigenvalue weighted by Gasteiger charge is 2.38. The third kappa shape index (κ3) is 3.65. The number of nitrogens with zero attached hydrogens (tertiary/aromatic N) is 2. The Bertz CT molecular complexity index is 1110. The standard InChI is InChI=1S/C21H22N2O6S/c1-2-8-22(15-7-10-30(27,28)13-15)19(24)14-5-6-17-18(11-14)21(26)23(20(17)25)12-16-4-3-9-29-16/h3-6,9,11,15H,2,7-8,10,12-13H2,1H3/t15-/m0/s1. The Morgan fingerprint density at radius 2 is 1.97 bits per heavy atom. The Morgan fingerprint density at radius 3 is 2.60 bits per heavy atom. The second kappa shape index (κ2) is 7.71. The van der Waals surface area contributed by atoms with Crippen LogP contribution < -0.4 is 0 Å². The molecule has 3 amide bonds. The molecule has 0 unspecified atom stereocenters. The van der Waals surface area contributed by atoms with Gasteiger partial charge in [-0.2, -0.15) is 0 Å². The number of furan rings is 1. The molecule has 2 aliphatic heterocycles. The van der Waals surface area contributed by atoms with Gasteiger partial charge in [-0.15, -0.1) is 0 Å². The van der Waals surface area contributed by atoms with Crippen LogP contribution in [0.25, 0.3) is 0 Å². The first-order chi connectivity index (χ1) is 14.3. The number of hydrogen-bond donors (Lipinski definition) is 0. The zero-order chi connectivity index (χ0) is 21.5. The fourth-order valence-corrected chi connectivity index (χ4v) is 5.73. The molecular formula is C21H22N2O6S. The van der Waals surface area contributed by atoms with Crippen molar-refractivity contribution in [1.82, 2.24) is 9.80 Å². The number of hydrogen-bond acceptors (Lipinski definition) is 6. The van der Waals surface area contributed by atoms with Crippen LogP contribution in [0.2, 0.25) is 0 Å². The van der Waals surface area contributed by atoms with E-state index in [9.17, 15) is 22.8 Å². The Balaban J connectivity index is 1.60. The Labute approximate surface area is 174 Å². The van der Waals surface area contributed by atoms with Crippen LogP contribution in [0.15, 0.2) is 41.0 Å². The van der Waals surface area contributed by atoms with Gasteiger partial charge in [0.05, 0.1) is 35.4 Å². The molecule has 9 heteroatoms. The summed E-state index contributed by atoms with van der Waals surface area (Å²) >= 11 is 0. The molecule has 2 aromatic rings. The van der Waals surface area contributed by atoms with Crippen molar-refractivity contribution >= 4 is 27.6 Å². The van der Waals surface area contributed by atoms with E-state index in [0.717, 1.165) is 4.90 Å². The highest BCUT2D eigenvalue weighted by atomic mass is 32.2. The smallest absolute Gasteiger partial charge is 0.261 e. The van der Waals surface area contributed by atoms with Crippen molar-refractivity contribution in [2.24, 2.45) is 0 Å². The van der Waals surface area contributed by atoms with Gasteiger partial charge in [0.15, 0.2) is 9.84 Å². The minimum atomic E-state index is -3.14. The van der Waals surface area contributed by atoms with Crippen LogP contribution in [0.3, 0.4) is 0 Å². The van der Waals surface area contributed by atoms with Crippen LogP contribution in [0.1, 0.15) is 56.6 Å². The number of carbonyl (C=O) groups is 3. The minimum absolute atomic E-state index is 0.0184. The second-order valence-corrected chi connectivity index (χ2v) is 9.82. The zero-order valence-corrected chi connectivity index (χ0v) is 17.4. The third-order valence-corrected chi connectivity index (χ3v) is 7.24. The predicted molar refractivity (Wildman–Crippen MR) is 108 cm³/mol. The summed E-state index contributed by atoms with van der Waals surface area (Å²) in [5, 5.41) is 0. The van der Waals surface area contributed by atoms with E-state index in [1.807, 2.05) is 6.92 Å². The molecule has 0 spiro atoms. The first kappa shape index (κ1) is 20.3. The van der Waals surface area contributed by atoms with E-state index in [2.05, 4.69) is 0 Å². The molecule has 0 aliphatic carbocycles. The molecular weight excluding hydrogens is 408 g/mol. The van der Waals surface area contributed by atoms with Gasteiger partial charge < -0.3 is 9.32 Å². The van der Waals surface area contributed by atoms with Gasteiger partial charge in [-0.05, 0) is 43.2 Å². The van der Waals surface area contributed by atoms with Gasteiger partial charge in [-0.1, -0.05) is 6.92 Å². The van der Waals surface area contributed by atoms with Crippen LogP contribution >= 0.6 is 0 Å². The van der Waals surface area contributed by atoms with Crippen molar-refractivity contribution in [2.45, 2.75) is 32.4 Å². The Kier molecular flexibility index (Phi) is 5.23. The molecule has 0 N–H and O–H groups in total. The van der Waals surface area contributed by atoms with E-state index in [1.54, 1.807) is 17.0 Å². The van der Waals surface area contributed by atoms with Crippen molar-refractivity contribution in [3.05, 3.63) is 59.0 Å². The van der Waals surface area contributed by atoms with Gasteiger partial charge in [-0.25, -0.2) is 8.42 Å². The van der Waals surface area contributed by atoms with Crippen molar-refractivity contribution in [1.29, 1.82) is 0 Å². The molecule has 0 saturated carbocycles. The molecule has 30 heavy (non-hydrogen) atoms. The molecule has 1 fully saturated rings. The van der Waals surface area contributed by atoms with Gasteiger partial charge in [0.1, 0.15) is 5.76 Å². The highest BCUT2D eigenvalue weighted by Crippen LogP contribution is 2.27. The lowest BCUT2D eigenvalue weighted by atomic mass is 10.0. The summed E-state index contributed by atoms with van der Waals surface area (Å²) in [6.07, 6.45) is 2.56. The van der Waals surface area contributed by atoms with E-state index in [-0.39, 0.29) is 46.7 Å². The lowest BCUT2D eigenvalue weighted by molar-refractivity contribution is 0.0630. The topological polar surface area (TPSA) is 105 Å². The average Bonchev–Trinajstić information content (AvgIpc) is 3.42. The van der Waals surface area contributed by atoms with Gasteiger partial charge in [-0.3, -0.25) is 19.3 Å². The Hall–Kier alpha value is -2.94. The van der Waals surface area contributed by atoms with Crippen molar-refractivity contribution in [3.8, 4) is 0 Å². The van der Waals surface area contributed by atoms with Gasteiger partial charge in [0, 0.05) is 18.2 Å². The maximum Gasteiger partial charge on any atom is 0.261 e. The Morgan fingerprint density at radius 1 is 1.20 bits per heavy atom. The van der Waals surface area contributed by atoms with E-state index in [1.165, 1.54) is 24.5 Å². The summed E-state index contributed by atoms with van der Waals surface area (Å²) in [6, 6.07) is 7.43. The largest absolute Gasteiger partial charge is 0.467 e. The number of rotatable bonds is 6. The van der Waals surface area contributed by atoms with E-state index < -0.39 is 21.7 Å². The van der Waals surface area contributed by atoms with Crippen molar-refractivity contribution in [3.63, 3.8) is 0 Å². The maximum atomic E-state index is 13.2. The maximum absolute atomic E-state index is 13.2. The number of amides is 3. The van der Waals surface area contributed by atoms with Gasteiger partial charge in [0.25, 0.3) is 17.7 Å². The molecule has 158 valence electrons. The monoisotopic (exact) mass is 430 g/mol. The normalized spacial score (nSPS) is 19.9. The highest BCUT2D eigenvalue weighted by molar-refractivity contribution is 7.91. The molecule has 0 bridgehead atoms. The van der Waals surface area contributed by atoms with Crippen LogP contribution in [0.5, 0.6) is 0 Å². The van der Waals surface area contributed by atoms with Crippen molar-refractivity contribution < 1.29 is 27.2 Å². The summed E-state index contributed by atoms with van der Waals surface area (Å²) in [5.41, 5.74) is 0.689. The summed E-state index contributed by atoms with van der Waals surface area (Å²) in [5.74, 6) is -0.727. The summed E-state index contributed by atoms with van der Waals surface area (Å²) in [7, 11) is -3.14. The van der Waals surface area contributed by atoms with Gasteiger partial charge in [0.2, 0.25) is 0 Å². The summed E-state index contributed by atoms with van der Waals surface area (Å²) in [4.78, 5) is 41.3. The first-order valence-corrected chi connectivity index (χ1v) is 11.7. The third-order valence-electron chi connectivity index (χ3n) is 5.49. The van der Waals surface area contributed by atoms with Crippen LogP contribution in [-0.4, -0.2) is 60.0 Å². The lowest BCUT2D eigenvalue weighted by Crippen LogP contribution is -2.41. The molecule has 2 aliphatic rings. The fraction of sp³-hybridized carbons (Fsp3) is 0.381. The number of imide groups is 1. The fourth-order valence-electron chi connectivity index (χ4n) is 4.00. The number of benzene rings is 1. The molecule has 0 radical (unpaired) electrons. The van der Waals surface area contributed by atoms with Gasteiger partial charge >= 0.3 is 0 Å². The average molecular weight is 430 g/mol. The lowest BCUT2D eigenvalue weighted by Gasteiger charge is -2.28. The van der Waals surface area contributed by atoms with Crippen LogP contribution in [0.4, 0.5) is 0 Å². The predicted octanol–water partition coefficient (Wildman–Crippen LogP) is 2.12. The minimum Gasteiger partial charge on any atom is -0.467 e. The molecule has 3 heterocycles. The molecule has 1 aromatic heterocycles. The molecule has 1 atom stereocenters. The quantitative estimate of drug-likeness (QED) is 0.650. The van der Waals surface area contributed by atoms with Crippen LogP contribution in [0, 0.1) is 0 Å². The number of sulfone groups is 1. The van der Waals surface area contributed by atoms with Crippen LogP contribution in [-0.2, 0) is 16.4 Å². The van der Waals surface area contributed by atoms with Crippen molar-refractivity contribution in [2.75, 3.05) is 18.1 Å². The molecule has 4 rings (SSSR count).